The third-order valence-corrected chi connectivity index (χ3v) is 6.97. The summed E-state index contributed by atoms with van der Waals surface area (Å²) in [4.78, 5) is 12.0. The first-order valence-electron chi connectivity index (χ1n) is 9.57. The number of esters is 1. The van der Waals surface area contributed by atoms with Crippen LogP contribution in [-0.4, -0.2) is 53.0 Å². The normalized spacial score (nSPS) is 18.0. The average molecular weight is 414 g/mol. The van der Waals surface area contributed by atoms with Crippen molar-refractivity contribution >= 4 is 21.6 Å². The highest BCUT2D eigenvalue weighted by molar-refractivity contribution is 7.89. The zero-order valence-corrected chi connectivity index (χ0v) is 16.9. The number of ether oxygens (including phenoxy) is 1. The van der Waals surface area contributed by atoms with Crippen LogP contribution in [0.3, 0.4) is 0 Å². The molecule has 4 rings (SSSR count). The Bertz CT molecular complexity index is 1120. The summed E-state index contributed by atoms with van der Waals surface area (Å²) in [7, 11) is -3.67. The van der Waals surface area contributed by atoms with Gasteiger partial charge in [0.25, 0.3) is 0 Å². The Hall–Kier alpha value is -2.78. The molecule has 0 bridgehead atoms. The van der Waals surface area contributed by atoms with E-state index < -0.39 is 16.0 Å². The van der Waals surface area contributed by atoms with Gasteiger partial charge in [-0.05, 0) is 56.2 Å². The molecule has 1 atom stereocenters. The smallest absolute Gasteiger partial charge is 0.338 e. The first-order chi connectivity index (χ1) is 14.0. The largest absolute Gasteiger partial charge is 0.462 e. The van der Waals surface area contributed by atoms with Crippen molar-refractivity contribution in [3.63, 3.8) is 0 Å². The van der Waals surface area contributed by atoms with Gasteiger partial charge in [0.1, 0.15) is 5.82 Å². The Kier molecular flexibility index (Phi) is 5.33. The standard InChI is InChI=1S/C20H22N4O4S/c1-2-28-20(25)15-8-10-17(11-9-15)29(26,27)23-12-5-6-16(14-23)19-22-21-18-7-3-4-13-24(18)19/h3-4,7-11,13,16H,2,5-6,12,14H2,1H3/t16-/m1/s1. The van der Waals surface area contributed by atoms with Crippen LogP contribution in [-0.2, 0) is 14.8 Å². The van der Waals surface area contributed by atoms with E-state index in [0.717, 1.165) is 24.3 Å². The average Bonchev–Trinajstić information content (AvgIpc) is 3.18. The summed E-state index contributed by atoms with van der Waals surface area (Å²) >= 11 is 0. The fourth-order valence-corrected chi connectivity index (χ4v) is 5.16. The molecule has 2 aromatic heterocycles. The number of nitrogens with zero attached hydrogens (tertiary/aromatic N) is 4. The van der Waals surface area contributed by atoms with Crippen LogP contribution in [0, 0.1) is 0 Å². The van der Waals surface area contributed by atoms with Gasteiger partial charge in [0, 0.05) is 25.2 Å². The third-order valence-electron chi connectivity index (χ3n) is 5.09. The number of piperidine rings is 1. The van der Waals surface area contributed by atoms with E-state index in [-0.39, 0.29) is 17.4 Å². The summed E-state index contributed by atoms with van der Waals surface area (Å²) in [6, 6.07) is 11.6. The Morgan fingerprint density at radius 1 is 1.17 bits per heavy atom. The molecule has 3 aromatic rings. The first kappa shape index (κ1) is 19.5. The summed E-state index contributed by atoms with van der Waals surface area (Å²) in [6.45, 7) is 2.79. The lowest BCUT2D eigenvalue weighted by molar-refractivity contribution is 0.0526. The number of pyridine rings is 1. The van der Waals surface area contributed by atoms with E-state index in [1.165, 1.54) is 28.6 Å². The van der Waals surface area contributed by atoms with Crippen LogP contribution in [0.4, 0.5) is 0 Å². The molecule has 0 amide bonds. The summed E-state index contributed by atoms with van der Waals surface area (Å²) in [6.07, 6.45) is 3.49. The van der Waals surface area contributed by atoms with E-state index >= 15 is 0 Å². The lowest BCUT2D eigenvalue weighted by atomic mass is 9.99. The molecule has 0 unspecified atom stereocenters. The van der Waals surface area contributed by atoms with E-state index in [2.05, 4.69) is 10.2 Å². The Balaban J connectivity index is 1.56. The lowest BCUT2D eigenvalue weighted by Gasteiger charge is -2.31. The first-order valence-corrected chi connectivity index (χ1v) is 11.0. The Morgan fingerprint density at radius 2 is 1.97 bits per heavy atom. The number of aromatic nitrogens is 3. The van der Waals surface area contributed by atoms with Crippen molar-refractivity contribution in [1.29, 1.82) is 0 Å². The summed E-state index contributed by atoms with van der Waals surface area (Å²) in [5.74, 6) is 0.279. The van der Waals surface area contributed by atoms with E-state index in [0.29, 0.717) is 18.7 Å². The topological polar surface area (TPSA) is 93.9 Å². The van der Waals surface area contributed by atoms with Crippen molar-refractivity contribution in [2.75, 3.05) is 19.7 Å². The molecular weight excluding hydrogens is 392 g/mol. The number of carbonyl (C=O) groups excluding carboxylic acids is 1. The fourth-order valence-electron chi connectivity index (χ4n) is 3.64. The van der Waals surface area contributed by atoms with Gasteiger partial charge in [0.2, 0.25) is 10.0 Å². The summed E-state index contributed by atoms with van der Waals surface area (Å²) in [5, 5.41) is 8.48. The summed E-state index contributed by atoms with van der Waals surface area (Å²) in [5.41, 5.74) is 1.08. The van der Waals surface area contributed by atoms with E-state index in [1.807, 2.05) is 28.8 Å². The molecular formula is C20H22N4O4S. The molecule has 152 valence electrons. The molecule has 9 heteroatoms. The molecule has 8 nitrogen and oxygen atoms in total. The maximum Gasteiger partial charge on any atom is 0.338 e. The Morgan fingerprint density at radius 3 is 2.72 bits per heavy atom. The van der Waals surface area contributed by atoms with Crippen molar-refractivity contribution in [3.05, 3.63) is 60.0 Å². The number of hydrogen-bond donors (Lipinski definition) is 0. The lowest BCUT2D eigenvalue weighted by Crippen LogP contribution is -2.39. The van der Waals surface area contributed by atoms with Gasteiger partial charge in [0.05, 0.1) is 17.1 Å². The second-order valence-corrected chi connectivity index (χ2v) is 8.87. The molecule has 0 aliphatic carbocycles. The number of hydrogen-bond acceptors (Lipinski definition) is 6. The minimum absolute atomic E-state index is 0.0327. The highest BCUT2D eigenvalue weighted by Crippen LogP contribution is 2.29. The second kappa shape index (κ2) is 7.92. The predicted molar refractivity (Wildman–Crippen MR) is 106 cm³/mol. The van der Waals surface area contributed by atoms with Crippen LogP contribution in [0.5, 0.6) is 0 Å². The molecule has 0 saturated carbocycles. The van der Waals surface area contributed by atoms with Crippen molar-refractivity contribution in [2.45, 2.75) is 30.6 Å². The maximum absolute atomic E-state index is 13.1. The fraction of sp³-hybridized carbons (Fsp3) is 0.350. The van der Waals surface area contributed by atoms with Crippen molar-refractivity contribution in [1.82, 2.24) is 18.9 Å². The van der Waals surface area contributed by atoms with Crippen LogP contribution in [0.2, 0.25) is 0 Å². The van der Waals surface area contributed by atoms with Gasteiger partial charge in [0.15, 0.2) is 5.65 Å². The maximum atomic E-state index is 13.1. The van der Waals surface area contributed by atoms with Gasteiger partial charge >= 0.3 is 5.97 Å². The number of sulfonamides is 1. The van der Waals surface area contributed by atoms with Crippen LogP contribution in [0.1, 0.15) is 41.9 Å². The molecule has 0 radical (unpaired) electrons. The van der Waals surface area contributed by atoms with Crippen molar-refractivity contribution in [3.8, 4) is 0 Å². The van der Waals surface area contributed by atoms with Gasteiger partial charge in [-0.15, -0.1) is 10.2 Å². The number of rotatable bonds is 5. The monoisotopic (exact) mass is 414 g/mol. The zero-order valence-electron chi connectivity index (χ0n) is 16.1. The molecule has 0 spiro atoms. The van der Waals surface area contributed by atoms with Crippen molar-refractivity contribution in [2.24, 2.45) is 0 Å². The third kappa shape index (κ3) is 3.75. The molecule has 1 aliphatic rings. The SMILES string of the molecule is CCOC(=O)c1ccc(S(=O)(=O)N2CCC[C@@H](c3nnc4ccccn34)C2)cc1. The minimum Gasteiger partial charge on any atom is -0.462 e. The quantitative estimate of drug-likeness (QED) is 0.596. The highest BCUT2D eigenvalue weighted by Gasteiger charge is 2.33. The van der Waals surface area contributed by atoms with Gasteiger partial charge in [-0.1, -0.05) is 6.07 Å². The molecule has 1 aromatic carbocycles. The minimum atomic E-state index is -3.67. The second-order valence-electron chi connectivity index (χ2n) is 6.93. The van der Waals surface area contributed by atoms with Crippen LogP contribution in [0.15, 0.2) is 53.6 Å². The van der Waals surface area contributed by atoms with Crippen LogP contribution < -0.4 is 0 Å². The molecule has 1 aliphatic heterocycles. The number of benzene rings is 1. The van der Waals surface area contributed by atoms with Crippen molar-refractivity contribution < 1.29 is 17.9 Å². The molecule has 1 fully saturated rings. The van der Waals surface area contributed by atoms with Crippen LogP contribution in [0.25, 0.3) is 5.65 Å². The Labute approximate surface area is 169 Å². The number of carbonyl (C=O) groups is 1. The molecule has 1 saturated heterocycles. The molecule has 29 heavy (non-hydrogen) atoms. The van der Waals surface area contributed by atoms with Crippen LogP contribution >= 0.6 is 0 Å². The van der Waals surface area contributed by atoms with E-state index in [1.54, 1.807) is 6.92 Å². The van der Waals surface area contributed by atoms with Gasteiger partial charge in [-0.25, -0.2) is 13.2 Å². The molecule has 3 heterocycles. The number of fused-ring (bicyclic) bond motifs is 1. The summed E-state index contributed by atoms with van der Waals surface area (Å²) < 4.78 is 34.6. The zero-order chi connectivity index (χ0) is 20.4. The van der Waals surface area contributed by atoms with Gasteiger partial charge < -0.3 is 4.74 Å². The van der Waals surface area contributed by atoms with Gasteiger partial charge in [-0.2, -0.15) is 4.31 Å². The van der Waals surface area contributed by atoms with Gasteiger partial charge in [-0.3, -0.25) is 4.40 Å². The predicted octanol–water partition coefficient (Wildman–Crippen LogP) is 2.47. The van der Waals surface area contributed by atoms with E-state index in [4.69, 9.17) is 4.74 Å². The van der Waals surface area contributed by atoms with E-state index in [9.17, 15) is 13.2 Å². The highest BCUT2D eigenvalue weighted by atomic mass is 32.2. The molecule has 0 N–H and O–H groups in total.